The largest absolute Gasteiger partial charge is 0.383 e. The highest BCUT2D eigenvalue weighted by Crippen LogP contribution is 2.16. The molecular formula is C12H19NO6S2. The Labute approximate surface area is 125 Å². The summed E-state index contributed by atoms with van der Waals surface area (Å²) >= 11 is 0. The standard InChI is InChI=1S/C12H19NO6S2/c1-18-9-8-13(20(2,14)15)10-11-4-6-12(7-5-11)19-21(3,16)17/h4-7H,8-10H2,1-3H3. The summed E-state index contributed by atoms with van der Waals surface area (Å²) in [6.07, 6.45) is 2.08. The van der Waals surface area contributed by atoms with Gasteiger partial charge in [0, 0.05) is 20.2 Å². The van der Waals surface area contributed by atoms with Crippen molar-refractivity contribution in [2.75, 3.05) is 32.8 Å². The number of methoxy groups -OCH3 is 1. The zero-order valence-electron chi connectivity index (χ0n) is 12.1. The van der Waals surface area contributed by atoms with Gasteiger partial charge in [-0.25, -0.2) is 8.42 Å². The molecule has 0 atom stereocenters. The van der Waals surface area contributed by atoms with E-state index in [4.69, 9.17) is 8.92 Å². The third-order valence-corrected chi connectivity index (χ3v) is 4.29. The molecule has 0 heterocycles. The number of ether oxygens (including phenoxy) is 1. The van der Waals surface area contributed by atoms with E-state index in [9.17, 15) is 16.8 Å². The summed E-state index contributed by atoms with van der Waals surface area (Å²) in [4.78, 5) is 0. The molecule has 0 N–H and O–H groups in total. The molecule has 0 saturated heterocycles. The molecule has 0 saturated carbocycles. The first-order chi connectivity index (χ1) is 9.62. The molecule has 1 aromatic carbocycles. The van der Waals surface area contributed by atoms with E-state index in [0.29, 0.717) is 6.61 Å². The quantitative estimate of drug-likeness (QED) is 0.639. The van der Waals surface area contributed by atoms with Crippen molar-refractivity contribution >= 4 is 20.1 Å². The van der Waals surface area contributed by atoms with Gasteiger partial charge in [-0.1, -0.05) is 12.1 Å². The smallest absolute Gasteiger partial charge is 0.306 e. The van der Waals surface area contributed by atoms with Gasteiger partial charge in [-0.05, 0) is 17.7 Å². The van der Waals surface area contributed by atoms with Crippen LogP contribution in [-0.4, -0.2) is 53.9 Å². The normalized spacial score (nSPS) is 12.6. The lowest BCUT2D eigenvalue weighted by atomic mass is 10.2. The first-order valence-electron chi connectivity index (χ1n) is 6.04. The third kappa shape index (κ3) is 6.89. The van der Waals surface area contributed by atoms with Gasteiger partial charge in [-0.3, -0.25) is 0 Å². The second kappa shape index (κ2) is 7.21. The van der Waals surface area contributed by atoms with Crippen LogP contribution < -0.4 is 4.18 Å². The van der Waals surface area contributed by atoms with Crippen LogP contribution in [-0.2, 0) is 31.4 Å². The Kier molecular flexibility index (Phi) is 6.14. The minimum absolute atomic E-state index is 0.182. The lowest BCUT2D eigenvalue weighted by molar-refractivity contribution is 0.177. The highest BCUT2D eigenvalue weighted by Gasteiger charge is 2.16. The molecule has 0 radical (unpaired) electrons. The van der Waals surface area contributed by atoms with Crippen molar-refractivity contribution in [1.82, 2.24) is 4.31 Å². The molecule has 9 heteroatoms. The van der Waals surface area contributed by atoms with E-state index < -0.39 is 20.1 Å². The van der Waals surface area contributed by atoms with Gasteiger partial charge in [0.2, 0.25) is 10.0 Å². The second-order valence-corrected chi connectivity index (χ2v) is 8.08. The van der Waals surface area contributed by atoms with Crippen LogP contribution in [0.5, 0.6) is 5.75 Å². The predicted molar refractivity (Wildman–Crippen MR) is 79.0 cm³/mol. The molecule has 0 aromatic heterocycles. The minimum atomic E-state index is -3.57. The molecule has 0 aliphatic rings. The van der Waals surface area contributed by atoms with Crippen molar-refractivity contribution < 1.29 is 25.8 Å². The van der Waals surface area contributed by atoms with Gasteiger partial charge in [0.05, 0.1) is 19.1 Å². The lowest BCUT2D eigenvalue weighted by Gasteiger charge is -2.19. The van der Waals surface area contributed by atoms with Crippen LogP contribution >= 0.6 is 0 Å². The van der Waals surface area contributed by atoms with Gasteiger partial charge in [0.1, 0.15) is 5.75 Å². The van der Waals surface area contributed by atoms with Gasteiger partial charge >= 0.3 is 10.1 Å². The highest BCUT2D eigenvalue weighted by atomic mass is 32.2. The average Bonchev–Trinajstić information content (AvgIpc) is 2.33. The second-order valence-electron chi connectivity index (χ2n) is 4.52. The molecule has 0 spiro atoms. The number of sulfonamides is 1. The topological polar surface area (TPSA) is 90.0 Å². The first kappa shape index (κ1) is 17.9. The minimum Gasteiger partial charge on any atom is -0.383 e. The maximum Gasteiger partial charge on any atom is 0.306 e. The Bertz CT molecular complexity index is 651. The molecule has 120 valence electrons. The molecule has 0 aliphatic heterocycles. The van der Waals surface area contributed by atoms with E-state index in [2.05, 4.69) is 0 Å². The number of hydrogen-bond donors (Lipinski definition) is 0. The van der Waals surface area contributed by atoms with E-state index in [-0.39, 0.29) is 18.8 Å². The fourth-order valence-electron chi connectivity index (χ4n) is 1.58. The van der Waals surface area contributed by atoms with Crippen LogP contribution in [0.1, 0.15) is 5.56 Å². The first-order valence-corrected chi connectivity index (χ1v) is 9.71. The van der Waals surface area contributed by atoms with Gasteiger partial charge < -0.3 is 8.92 Å². The molecular weight excluding hydrogens is 318 g/mol. The Balaban J connectivity index is 2.81. The van der Waals surface area contributed by atoms with E-state index in [1.807, 2.05) is 0 Å². The van der Waals surface area contributed by atoms with E-state index in [0.717, 1.165) is 18.1 Å². The van der Waals surface area contributed by atoms with Crippen molar-refractivity contribution in [2.24, 2.45) is 0 Å². The molecule has 0 aliphatic carbocycles. The van der Waals surface area contributed by atoms with Crippen molar-refractivity contribution in [3.8, 4) is 5.75 Å². The third-order valence-electron chi connectivity index (χ3n) is 2.54. The van der Waals surface area contributed by atoms with Crippen molar-refractivity contribution in [3.05, 3.63) is 29.8 Å². The maximum atomic E-state index is 11.7. The van der Waals surface area contributed by atoms with Crippen molar-refractivity contribution in [3.63, 3.8) is 0 Å². The van der Waals surface area contributed by atoms with E-state index in [1.165, 1.54) is 23.5 Å². The maximum absolute atomic E-state index is 11.7. The molecule has 0 amide bonds. The number of hydrogen-bond acceptors (Lipinski definition) is 6. The fraction of sp³-hybridized carbons (Fsp3) is 0.500. The Morgan fingerprint density at radius 2 is 1.62 bits per heavy atom. The number of nitrogens with zero attached hydrogens (tertiary/aromatic N) is 1. The average molecular weight is 337 g/mol. The monoisotopic (exact) mass is 337 g/mol. The van der Waals surface area contributed by atoms with Crippen molar-refractivity contribution in [2.45, 2.75) is 6.54 Å². The zero-order valence-corrected chi connectivity index (χ0v) is 13.8. The molecule has 1 rings (SSSR count). The van der Waals surface area contributed by atoms with Crippen LogP contribution in [0, 0.1) is 0 Å². The van der Waals surface area contributed by atoms with E-state index in [1.54, 1.807) is 12.1 Å². The zero-order chi connectivity index (χ0) is 16.1. The summed E-state index contributed by atoms with van der Waals surface area (Å²) in [6.45, 7) is 0.723. The van der Waals surface area contributed by atoms with Crippen LogP contribution in [0.15, 0.2) is 24.3 Å². The molecule has 0 bridgehead atoms. The Morgan fingerprint density at radius 3 is 2.05 bits per heavy atom. The van der Waals surface area contributed by atoms with Crippen LogP contribution in [0.25, 0.3) is 0 Å². The predicted octanol–water partition coefficient (Wildman–Crippen LogP) is 0.433. The number of rotatable bonds is 8. The van der Waals surface area contributed by atoms with Gasteiger partial charge in [0.15, 0.2) is 0 Å². The van der Waals surface area contributed by atoms with Crippen LogP contribution in [0.4, 0.5) is 0 Å². The summed E-state index contributed by atoms with van der Waals surface area (Å²) in [5.74, 6) is 0.184. The van der Waals surface area contributed by atoms with Crippen LogP contribution in [0.3, 0.4) is 0 Å². The Morgan fingerprint density at radius 1 is 1.05 bits per heavy atom. The summed E-state index contributed by atoms with van der Waals surface area (Å²) in [7, 11) is -5.42. The summed E-state index contributed by atoms with van der Waals surface area (Å²) in [6, 6.07) is 6.19. The molecule has 0 fully saturated rings. The van der Waals surface area contributed by atoms with Gasteiger partial charge in [-0.2, -0.15) is 12.7 Å². The van der Waals surface area contributed by atoms with Crippen molar-refractivity contribution in [1.29, 1.82) is 0 Å². The van der Waals surface area contributed by atoms with Gasteiger partial charge in [0.25, 0.3) is 0 Å². The molecule has 1 aromatic rings. The van der Waals surface area contributed by atoms with Gasteiger partial charge in [-0.15, -0.1) is 0 Å². The lowest BCUT2D eigenvalue weighted by Crippen LogP contribution is -2.32. The van der Waals surface area contributed by atoms with Crippen LogP contribution in [0.2, 0.25) is 0 Å². The molecule has 0 unspecified atom stereocenters. The highest BCUT2D eigenvalue weighted by molar-refractivity contribution is 7.88. The molecule has 7 nitrogen and oxygen atoms in total. The van der Waals surface area contributed by atoms with E-state index >= 15 is 0 Å². The SMILES string of the molecule is COCCN(Cc1ccc(OS(C)(=O)=O)cc1)S(C)(=O)=O. The Hall–Kier alpha value is -1.16. The summed E-state index contributed by atoms with van der Waals surface area (Å²) in [5.41, 5.74) is 0.720. The summed E-state index contributed by atoms with van der Waals surface area (Å²) in [5, 5.41) is 0. The molecule has 21 heavy (non-hydrogen) atoms. The fourth-order valence-corrected chi connectivity index (χ4v) is 2.83. The summed E-state index contributed by atoms with van der Waals surface area (Å²) < 4.78 is 56.2. The number of benzene rings is 1.